The van der Waals surface area contributed by atoms with E-state index in [2.05, 4.69) is 40.0 Å². The highest BCUT2D eigenvalue weighted by atomic mass is 28.3. The fraction of sp³-hybridized carbons (Fsp3) is 0.323. The number of anilines is 1. The highest BCUT2D eigenvalue weighted by molar-refractivity contribution is 6.76. The minimum atomic E-state index is -1.22. The van der Waals surface area contributed by atoms with Gasteiger partial charge in [-0.1, -0.05) is 37.8 Å². The van der Waals surface area contributed by atoms with Gasteiger partial charge in [0.1, 0.15) is 30.0 Å². The molecule has 0 saturated carbocycles. The third-order valence-corrected chi connectivity index (χ3v) is 9.27. The van der Waals surface area contributed by atoms with Gasteiger partial charge in [-0.05, 0) is 43.7 Å². The van der Waals surface area contributed by atoms with Crippen molar-refractivity contribution in [1.82, 2.24) is 38.5 Å². The van der Waals surface area contributed by atoms with Crippen LogP contribution in [0.2, 0.25) is 25.7 Å². The molecule has 6 aromatic rings. The molecule has 0 aliphatic rings. The molecule has 1 aromatic carbocycles. The molecule has 0 bridgehead atoms. The van der Waals surface area contributed by atoms with Crippen molar-refractivity contribution in [2.75, 3.05) is 11.9 Å². The smallest absolute Gasteiger partial charge is 0.282 e. The Bertz CT molecular complexity index is 1960. The Kier molecular flexibility index (Phi) is 7.48. The van der Waals surface area contributed by atoms with Crippen LogP contribution in [0.1, 0.15) is 24.4 Å². The molecule has 0 aliphatic carbocycles. The van der Waals surface area contributed by atoms with Gasteiger partial charge in [-0.25, -0.2) is 14.5 Å². The summed E-state index contributed by atoms with van der Waals surface area (Å²) < 4.78 is 13.3. The van der Waals surface area contributed by atoms with Crippen LogP contribution < -0.4 is 10.9 Å². The van der Waals surface area contributed by atoms with E-state index in [1.807, 2.05) is 86.6 Å². The number of hydrogen-bond donors (Lipinski definition) is 1. The van der Waals surface area contributed by atoms with E-state index in [0.29, 0.717) is 30.5 Å². The van der Waals surface area contributed by atoms with Crippen LogP contribution in [0.4, 0.5) is 5.82 Å². The normalized spacial score (nSPS) is 12.8. The van der Waals surface area contributed by atoms with E-state index >= 15 is 0 Å². The van der Waals surface area contributed by atoms with Crippen LogP contribution in [0.25, 0.3) is 33.4 Å². The van der Waals surface area contributed by atoms with Gasteiger partial charge in [0.2, 0.25) is 0 Å². The van der Waals surface area contributed by atoms with Crippen LogP contribution in [0.3, 0.4) is 0 Å². The van der Waals surface area contributed by atoms with E-state index in [1.165, 1.54) is 0 Å². The van der Waals surface area contributed by atoms with Crippen molar-refractivity contribution in [2.45, 2.75) is 52.3 Å². The van der Waals surface area contributed by atoms with Crippen molar-refractivity contribution in [3.63, 3.8) is 0 Å². The number of ether oxygens (including phenoxy) is 1. The molecule has 6 rings (SSSR count). The summed E-state index contributed by atoms with van der Waals surface area (Å²) in [5, 5.41) is 13.7. The van der Waals surface area contributed by atoms with E-state index in [0.717, 1.165) is 39.5 Å². The second-order valence-corrected chi connectivity index (χ2v) is 17.8. The van der Waals surface area contributed by atoms with Gasteiger partial charge in [-0.15, -0.1) is 0 Å². The number of rotatable bonds is 10. The molecule has 0 radical (unpaired) electrons. The minimum absolute atomic E-state index is 0.127. The lowest BCUT2D eigenvalue weighted by atomic mass is 10.1. The Labute approximate surface area is 250 Å². The second kappa shape index (κ2) is 11.3. The standard InChI is InChI=1S/C31H37N9O2Si/c1-21-12-13-39-27(21)31(41)40(24-10-8-7-9-11-24)29(36-39)22(2)35-28-26-25(23-16-34-37(3)17-23)18-38(30(26)33-19-32-28)20-42-14-15-43(4,5)6/h7-13,16-19,22H,14-15,20H2,1-6H3,(H,32,33,35)/t22-/m0/s1. The van der Waals surface area contributed by atoms with Gasteiger partial charge in [-0.2, -0.15) is 10.2 Å². The van der Waals surface area contributed by atoms with E-state index in [-0.39, 0.29) is 5.56 Å². The number of hydrogen-bond acceptors (Lipinski definition) is 7. The van der Waals surface area contributed by atoms with E-state index in [4.69, 9.17) is 9.84 Å². The summed E-state index contributed by atoms with van der Waals surface area (Å²) in [6.45, 7) is 12.0. The molecule has 0 fully saturated rings. The van der Waals surface area contributed by atoms with Crippen LogP contribution >= 0.6 is 0 Å². The molecule has 5 heterocycles. The van der Waals surface area contributed by atoms with E-state index in [1.54, 1.807) is 20.1 Å². The number of aryl methyl sites for hydroxylation is 2. The molecule has 0 unspecified atom stereocenters. The molecule has 11 nitrogen and oxygen atoms in total. The molecule has 0 spiro atoms. The highest BCUT2D eigenvalue weighted by Gasteiger charge is 2.23. The number of aromatic nitrogens is 8. The minimum Gasteiger partial charge on any atom is -0.361 e. The summed E-state index contributed by atoms with van der Waals surface area (Å²) in [5.41, 5.74) is 4.69. The Morgan fingerprint density at radius 2 is 1.86 bits per heavy atom. The zero-order valence-electron chi connectivity index (χ0n) is 25.4. The average Bonchev–Trinajstić information content (AvgIpc) is 3.68. The molecule has 43 heavy (non-hydrogen) atoms. The third kappa shape index (κ3) is 5.63. The van der Waals surface area contributed by atoms with Gasteiger partial charge in [0, 0.05) is 51.4 Å². The van der Waals surface area contributed by atoms with Gasteiger partial charge in [0.25, 0.3) is 5.56 Å². The molecule has 0 amide bonds. The summed E-state index contributed by atoms with van der Waals surface area (Å²) in [7, 11) is 0.681. The Morgan fingerprint density at radius 3 is 2.58 bits per heavy atom. The molecular formula is C31H37N9O2Si. The summed E-state index contributed by atoms with van der Waals surface area (Å²) in [5.74, 6) is 1.19. The largest absolute Gasteiger partial charge is 0.361 e. The highest BCUT2D eigenvalue weighted by Crippen LogP contribution is 2.35. The molecule has 0 aliphatic heterocycles. The van der Waals surface area contributed by atoms with Crippen molar-refractivity contribution >= 4 is 30.4 Å². The van der Waals surface area contributed by atoms with Crippen LogP contribution in [0, 0.1) is 6.92 Å². The van der Waals surface area contributed by atoms with Crippen molar-refractivity contribution in [1.29, 1.82) is 0 Å². The first-order chi connectivity index (χ1) is 20.6. The Morgan fingerprint density at radius 1 is 1.07 bits per heavy atom. The zero-order valence-corrected chi connectivity index (χ0v) is 26.4. The van der Waals surface area contributed by atoms with Crippen LogP contribution in [0.15, 0.2) is 72.3 Å². The molecule has 222 valence electrons. The van der Waals surface area contributed by atoms with Crippen molar-refractivity contribution in [2.24, 2.45) is 7.05 Å². The van der Waals surface area contributed by atoms with Crippen LogP contribution in [0.5, 0.6) is 0 Å². The van der Waals surface area contributed by atoms with Crippen molar-refractivity contribution in [3.8, 4) is 16.8 Å². The van der Waals surface area contributed by atoms with Crippen LogP contribution in [-0.2, 0) is 18.5 Å². The fourth-order valence-electron chi connectivity index (χ4n) is 5.26. The van der Waals surface area contributed by atoms with Crippen molar-refractivity contribution in [3.05, 3.63) is 89.3 Å². The number of fused-ring (bicyclic) bond motifs is 2. The molecular weight excluding hydrogens is 558 g/mol. The molecule has 5 aromatic heterocycles. The Hall–Kier alpha value is -4.55. The number of nitrogens with one attached hydrogen (secondary N) is 1. The molecule has 12 heteroatoms. The third-order valence-electron chi connectivity index (χ3n) is 7.56. The van der Waals surface area contributed by atoms with Crippen LogP contribution in [-0.4, -0.2) is 53.2 Å². The maximum Gasteiger partial charge on any atom is 0.282 e. The summed E-state index contributed by atoms with van der Waals surface area (Å²) in [6, 6.07) is 12.2. The average molecular weight is 596 g/mol. The summed E-state index contributed by atoms with van der Waals surface area (Å²) in [6.07, 6.45) is 9.24. The first-order valence-corrected chi connectivity index (χ1v) is 18.1. The van der Waals surface area contributed by atoms with Gasteiger partial charge in [-0.3, -0.25) is 14.0 Å². The van der Waals surface area contributed by atoms with Gasteiger partial charge >= 0.3 is 0 Å². The fourth-order valence-corrected chi connectivity index (χ4v) is 6.02. The predicted octanol–water partition coefficient (Wildman–Crippen LogP) is 5.42. The van der Waals surface area contributed by atoms with Gasteiger partial charge < -0.3 is 14.6 Å². The molecule has 0 saturated heterocycles. The first-order valence-electron chi connectivity index (χ1n) is 14.4. The summed E-state index contributed by atoms with van der Waals surface area (Å²) in [4.78, 5) is 23.2. The monoisotopic (exact) mass is 595 g/mol. The number of para-hydroxylation sites is 1. The SMILES string of the molecule is Cc1ccn2nc([C@H](C)Nc3ncnc4c3c(-c3cnn(C)c3)cn4COCC[Si](C)(C)C)n(-c3ccccc3)c(=O)c12. The topological polar surface area (TPSA) is 109 Å². The van der Waals surface area contributed by atoms with Gasteiger partial charge in [0.15, 0.2) is 5.82 Å². The number of benzene rings is 1. The lowest BCUT2D eigenvalue weighted by Crippen LogP contribution is -2.29. The predicted molar refractivity (Wildman–Crippen MR) is 171 cm³/mol. The molecule has 1 atom stereocenters. The summed E-state index contributed by atoms with van der Waals surface area (Å²) >= 11 is 0. The lowest BCUT2D eigenvalue weighted by Gasteiger charge is -2.20. The lowest BCUT2D eigenvalue weighted by molar-refractivity contribution is 0.0899. The second-order valence-electron chi connectivity index (χ2n) is 12.2. The number of nitrogens with zero attached hydrogens (tertiary/aromatic N) is 8. The Balaban J connectivity index is 1.43. The van der Waals surface area contributed by atoms with E-state index < -0.39 is 14.1 Å². The maximum atomic E-state index is 13.9. The quantitative estimate of drug-likeness (QED) is 0.166. The molecule has 1 N–H and O–H groups in total. The van der Waals surface area contributed by atoms with Gasteiger partial charge in [0.05, 0.1) is 23.3 Å². The zero-order chi connectivity index (χ0) is 30.3. The maximum absolute atomic E-state index is 13.9. The van der Waals surface area contributed by atoms with Crippen molar-refractivity contribution < 1.29 is 4.74 Å². The first kappa shape index (κ1) is 28.6. The van der Waals surface area contributed by atoms with E-state index in [9.17, 15) is 4.79 Å².